The minimum Gasteiger partial charge on any atom is -0.384 e. The van der Waals surface area contributed by atoms with Crippen LogP contribution in [0.3, 0.4) is 0 Å². The van der Waals surface area contributed by atoms with Crippen molar-refractivity contribution in [2.45, 2.75) is 25.7 Å². The molecule has 0 atom stereocenters. The summed E-state index contributed by atoms with van der Waals surface area (Å²) in [5, 5.41) is 3.08. The van der Waals surface area contributed by atoms with E-state index in [1.54, 1.807) is 25.2 Å². The lowest BCUT2D eigenvalue weighted by atomic mass is 10.2. The van der Waals surface area contributed by atoms with Crippen molar-refractivity contribution in [3.63, 3.8) is 0 Å². The van der Waals surface area contributed by atoms with Crippen molar-refractivity contribution < 1.29 is 8.42 Å². The molecule has 1 N–H and O–H groups in total. The number of para-hydroxylation sites is 1. The summed E-state index contributed by atoms with van der Waals surface area (Å²) >= 11 is 0. The Bertz CT molecular complexity index is 484. The van der Waals surface area contributed by atoms with Crippen LogP contribution in [0.15, 0.2) is 29.2 Å². The lowest BCUT2D eigenvalue weighted by Gasteiger charge is -2.21. The Morgan fingerprint density at radius 2 is 1.89 bits per heavy atom. The second kappa shape index (κ2) is 6.20. The molecule has 0 spiro atoms. The Morgan fingerprint density at radius 3 is 2.44 bits per heavy atom. The van der Waals surface area contributed by atoms with Crippen LogP contribution in [0.25, 0.3) is 0 Å². The first kappa shape index (κ1) is 15.0. The minimum absolute atomic E-state index is 0.302. The Labute approximate surface area is 110 Å². The van der Waals surface area contributed by atoms with Gasteiger partial charge in [-0.15, -0.1) is 0 Å². The van der Waals surface area contributed by atoms with Gasteiger partial charge in [-0.3, -0.25) is 0 Å². The summed E-state index contributed by atoms with van der Waals surface area (Å²) < 4.78 is 26.3. The predicted molar refractivity (Wildman–Crippen MR) is 75.3 cm³/mol. The standard InChI is InChI=1S/C13H22N2O2S/c1-5-14-12-8-6-7-9-13(12)18(16,17)15(4)10-11(2)3/h6-9,11,14H,5,10H2,1-4H3. The molecule has 1 aromatic rings. The molecule has 0 unspecified atom stereocenters. The van der Waals surface area contributed by atoms with E-state index in [0.29, 0.717) is 29.6 Å². The molecule has 0 saturated heterocycles. The molecule has 0 radical (unpaired) electrons. The van der Waals surface area contributed by atoms with E-state index in [4.69, 9.17) is 0 Å². The molecule has 0 aromatic heterocycles. The van der Waals surface area contributed by atoms with Gasteiger partial charge in [0.1, 0.15) is 4.90 Å². The number of rotatable bonds is 6. The van der Waals surface area contributed by atoms with Gasteiger partial charge in [0, 0.05) is 20.1 Å². The summed E-state index contributed by atoms with van der Waals surface area (Å²) in [6.07, 6.45) is 0. The van der Waals surface area contributed by atoms with Gasteiger partial charge >= 0.3 is 0 Å². The third kappa shape index (κ3) is 3.46. The number of nitrogens with zero attached hydrogens (tertiary/aromatic N) is 1. The summed E-state index contributed by atoms with van der Waals surface area (Å²) in [6, 6.07) is 7.01. The maximum Gasteiger partial charge on any atom is 0.244 e. The molecule has 0 bridgehead atoms. The van der Waals surface area contributed by atoms with Gasteiger partial charge in [-0.05, 0) is 25.0 Å². The largest absolute Gasteiger partial charge is 0.384 e. The van der Waals surface area contributed by atoms with Gasteiger partial charge in [-0.25, -0.2) is 12.7 Å². The third-order valence-corrected chi connectivity index (χ3v) is 4.45. The van der Waals surface area contributed by atoms with Crippen molar-refractivity contribution in [2.24, 2.45) is 5.92 Å². The molecule has 4 nitrogen and oxygen atoms in total. The Hall–Kier alpha value is -1.07. The lowest BCUT2D eigenvalue weighted by molar-refractivity contribution is 0.417. The Kier molecular flexibility index (Phi) is 5.16. The van der Waals surface area contributed by atoms with Gasteiger partial charge in [0.15, 0.2) is 0 Å². The second-order valence-electron chi connectivity index (χ2n) is 4.71. The highest BCUT2D eigenvalue weighted by Gasteiger charge is 2.23. The Balaban J connectivity index is 3.11. The molecule has 0 fully saturated rings. The number of sulfonamides is 1. The van der Waals surface area contributed by atoms with Crippen LogP contribution in [0.5, 0.6) is 0 Å². The summed E-state index contributed by atoms with van der Waals surface area (Å²) in [7, 11) is -1.79. The maximum atomic E-state index is 12.4. The van der Waals surface area contributed by atoms with E-state index in [1.807, 2.05) is 26.8 Å². The average Bonchev–Trinajstić information content (AvgIpc) is 2.29. The van der Waals surface area contributed by atoms with Crippen molar-refractivity contribution in [1.82, 2.24) is 4.31 Å². The van der Waals surface area contributed by atoms with Crippen LogP contribution in [0.1, 0.15) is 20.8 Å². The molecule has 0 aliphatic carbocycles. The highest BCUT2D eigenvalue weighted by Crippen LogP contribution is 2.24. The zero-order chi connectivity index (χ0) is 13.8. The van der Waals surface area contributed by atoms with Crippen molar-refractivity contribution in [3.8, 4) is 0 Å². The molecule has 0 heterocycles. The predicted octanol–water partition coefficient (Wildman–Crippen LogP) is 2.39. The second-order valence-corrected chi connectivity index (χ2v) is 6.72. The van der Waals surface area contributed by atoms with E-state index in [-0.39, 0.29) is 0 Å². The van der Waals surface area contributed by atoms with Gasteiger partial charge in [-0.2, -0.15) is 0 Å². The van der Waals surface area contributed by atoms with Crippen LogP contribution < -0.4 is 5.32 Å². The SMILES string of the molecule is CCNc1ccccc1S(=O)(=O)N(C)CC(C)C. The zero-order valence-electron chi connectivity index (χ0n) is 11.5. The molecule has 5 heteroatoms. The molecule has 0 amide bonds. The topological polar surface area (TPSA) is 49.4 Å². The molecule has 18 heavy (non-hydrogen) atoms. The highest BCUT2D eigenvalue weighted by molar-refractivity contribution is 7.89. The molecule has 1 aromatic carbocycles. The zero-order valence-corrected chi connectivity index (χ0v) is 12.3. The van der Waals surface area contributed by atoms with Crippen LogP contribution in [0, 0.1) is 5.92 Å². The monoisotopic (exact) mass is 270 g/mol. The van der Waals surface area contributed by atoms with E-state index >= 15 is 0 Å². The first-order chi connectivity index (χ1) is 8.39. The van der Waals surface area contributed by atoms with Crippen molar-refractivity contribution in [3.05, 3.63) is 24.3 Å². The number of hydrogen-bond donors (Lipinski definition) is 1. The molecule has 0 aliphatic rings. The molecule has 0 aliphatic heterocycles. The van der Waals surface area contributed by atoms with Crippen LogP contribution in [0.2, 0.25) is 0 Å². The van der Waals surface area contributed by atoms with Gasteiger partial charge < -0.3 is 5.32 Å². The number of nitrogens with one attached hydrogen (secondary N) is 1. The summed E-state index contributed by atoms with van der Waals surface area (Å²) in [5.41, 5.74) is 0.663. The first-order valence-corrected chi connectivity index (χ1v) is 7.62. The van der Waals surface area contributed by atoms with E-state index in [2.05, 4.69) is 5.32 Å². The maximum absolute atomic E-state index is 12.4. The van der Waals surface area contributed by atoms with E-state index in [0.717, 1.165) is 0 Å². The fourth-order valence-electron chi connectivity index (χ4n) is 1.81. The molecule has 102 valence electrons. The third-order valence-electron chi connectivity index (χ3n) is 2.56. The number of benzene rings is 1. The molecular weight excluding hydrogens is 248 g/mol. The smallest absolute Gasteiger partial charge is 0.244 e. The molecule has 1 rings (SSSR count). The van der Waals surface area contributed by atoms with Crippen LogP contribution in [-0.2, 0) is 10.0 Å². The van der Waals surface area contributed by atoms with Crippen LogP contribution in [0.4, 0.5) is 5.69 Å². The summed E-state index contributed by atoms with van der Waals surface area (Å²) in [4.78, 5) is 0.343. The number of hydrogen-bond acceptors (Lipinski definition) is 3. The fourth-order valence-corrected chi connectivity index (χ4v) is 3.31. The van der Waals surface area contributed by atoms with E-state index in [9.17, 15) is 8.42 Å². The van der Waals surface area contributed by atoms with Gasteiger partial charge in [-0.1, -0.05) is 26.0 Å². The summed E-state index contributed by atoms with van der Waals surface area (Å²) in [6.45, 7) is 7.16. The molecular formula is C13H22N2O2S. The lowest BCUT2D eigenvalue weighted by Crippen LogP contribution is -2.31. The average molecular weight is 270 g/mol. The van der Waals surface area contributed by atoms with Crippen LogP contribution >= 0.6 is 0 Å². The first-order valence-electron chi connectivity index (χ1n) is 6.18. The van der Waals surface area contributed by atoms with Gasteiger partial charge in [0.05, 0.1) is 5.69 Å². The fraction of sp³-hybridized carbons (Fsp3) is 0.538. The van der Waals surface area contributed by atoms with Crippen molar-refractivity contribution in [2.75, 3.05) is 25.5 Å². The normalized spacial score (nSPS) is 12.1. The molecule has 0 saturated carbocycles. The highest BCUT2D eigenvalue weighted by atomic mass is 32.2. The van der Waals surface area contributed by atoms with E-state index in [1.165, 1.54) is 4.31 Å². The van der Waals surface area contributed by atoms with Crippen molar-refractivity contribution >= 4 is 15.7 Å². The van der Waals surface area contributed by atoms with Gasteiger partial charge in [0.25, 0.3) is 0 Å². The Morgan fingerprint density at radius 1 is 1.28 bits per heavy atom. The van der Waals surface area contributed by atoms with Crippen molar-refractivity contribution in [1.29, 1.82) is 0 Å². The summed E-state index contributed by atoms with van der Waals surface area (Å²) in [5.74, 6) is 0.302. The van der Waals surface area contributed by atoms with Gasteiger partial charge in [0.2, 0.25) is 10.0 Å². The minimum atomic E-state index is -3.42. The van der Waals surface area contributed by atoms with E-state index < -0.39 is 10.0 Å². The quantitative estimate of drug-likeness (QED) is 0.863. The number of anilines is 1. The van der Waals surface area contributed by atoms with Crippen LogP contribution in [-0.4, -0.2) is 32.9 Å².